The molecule has 3 N–H and O–H groups in total. The van der Waals surface area contributed by atoms with Crippen molar-refractivity contribution < 1.29 is 18.7 Å². The van der Waals surface area contributed by atoms with Gasteiger partial charge in [0, 0.05) is 19.6 Å². The van der Waals surface area contributed by atoms with Gasteiger partial charge < -0.3 is 25.5 Å². The first-order valence-corrected chi connectivity index (χ1v) is 11.1. The van der Waals surface area contributed by atoms with Gasteiger partial charge in [0.15, 0.2) is 11.6 Å². The van der Waals surface area contributed by atoms with Crippen LogP contribution in [-0.4, -0.2) is 47.2 Å². The Kier molecular flexibility index (Phi) is 5.75. The van der Waals surface area contributed by atoms with Crippen molar-refractivity contribution in [2.24, 2.45) is 5.92 Å². The van der Waals surface area contributed by atoms with Gasteiger partial charge >= 0.3 is 11.8 Å². The molecule has 3 heterocycles. The van der Waals surface area contributed by atoms with E-state index < -0.39 is 28.8 Å². The average molecular weight is 464 g/mol. The van der Waals surface area contributed by atoms with Crippen LogP contribution in [0.1, 0.15) is 46.6 Å². The number of carbonyl (C=O) groups is 1. The van der Waals surface area contributed by atoms with E-state index in [9.17, 15) is 14.4 Å². The molecule has 11 heteroatoms. The summed E-state index contributed by atoms with van der Waals surface area (Å²) in [4.78, 5) is 38.9. The lowest BCUT2D eigenvalue weighted by Crippen LogP contribution is -2.47. The van der Waals surface area contributed by atoms with Gasteiger partial charge in [-0.2, -0.15) is 4.68 Å². The molecular formula is C22H30FN5O5. The summed E-state index contributed by atoms with van der Waals surface area (Å²) < 4.78 is 28.3. The van der Waals surface area contributed by atoms with E-state index in [1.807, 2.05) is 4.90 Å². The Morgan fingerprint density at radius 3 is 2.79 bits per heavy atom. The van der Waals surface area contributed by atoms with Crippen LogP contribution in [-0.2, 0) is 4.74 Å². The summed E-state index contributed by atoms with van der Waals surface area (Å²) in [6.07, 6.45) is 1.05. The summed E-state index contributed by atoms with van der Waals surface area (Å²) in [6.45, 7) is 8.94. The number of hydrogen-bond acceptors (Lipinski definition) is 7. The molecular weight excluding hydrogens is 433 g/mol. The van der Waals surface area contributed by atoms with Crippen molar-refractivity contribution in [1.29, 1.82) is 0 Å². The largest absolute Gasteiger partial charge is 0.487 e. The molecule has 1 fully saturated rings. The van der Waals surface area contributed by atoms with Gasteiger partial charge in [0.05, 0.1) is 11.4 Å². The molecule has 2 aromatic rings. The lowest BCUT2D eigenvalue weighted by atomic mass is 10.1. The molecule has 0 radical (unpaired) electrons. The van der Waals surface area contributed by atoms with Crippen LogP contribution in [0.25, 0.3) is 10.9 Å². The van der Waals surface area contributed by atoms with Crippen LogP contribution in [0.15, 0.2) is 15.7 Å². The van der Waals surface area contributed by atoms with Crippen LogP contribution in [0.5, 0.6) is 5.75 Å². The summed E-state index contributed by atoms with van der Waals surface area (Å²) in [5, 5.41) is 2.76. The van der Waals surface area contributed by atoms with Crippen LogP contribution in [0.4, 0.5) is 14.9 Å². The summed E-state index contributed by atoms with van der Waals surface area (Å²) in [6, 6.07) is 0.778. The number of rotatable bonds is 4. The Hall–Kier alpha value is -3.24. The van der Waals surface area contributed by atoms with Gasteiger partial charge in [-0.1, -0.05) is 0 Å². The van der Waals surface area contributed by atoms with Crippen LogP contribution >= 0.6 is 0 Å². The second-order valence-corrected chi connectivity index (χ2v) is 9.74. The van der Waals surface area contributed by atoms with Crippen molar-refractivity contribution in [3.05, 3.63) is 32.7 Å². The maximum atomic E-state index is 15.3. The molecule has 1 amide bonds. The van der Waals surface area contributed by atoms with Gasteiger partial charge in [-0.25, -0.2) is 14.0 Å². The third kappa shape index (κ3) is 4.23. The highest BCUT2D eigenvalue weighted by atomic mass is 19.1. The van der Waals surface area contributed by atoms with Gasteiger partial charge in [-0.15, -0.1) is 0 Å². The zero-order valence-electron chi connectivity index (χ0n) is 19.3. The molecule has 0 spiro atoms. The summed E-state index contributed by atoms with van der Waals surface area (Å²) >= 11 is 0. The number of ether oxygens (including phenoxy) is 2. The second kappa shape index (κ2) is 8.27. The number of nitrogens with two attached hydrogens (primary N) is 1. The fourth-order valence-corrected chi connectivity index (χ4v) is 4.52. The number of hydrogen-bond donors (Lipinski definition) is 2. The van der Waals surface area contributed by atoms with Gasteiger partial charge in [-0.3, -0.25) is 9.36 Å². The molecule has 1 aromatic carbocycles. The van der Waals surface area contributed by atoms with E-state index in [1.54, 1.807) is 27.7 Å². The van der Waals surface area contributed by atoms with Crippen LogP contribution in [0.3, 0.4) is 0 Å². The minimum atomic E-state index is -0.761. The lowest BCUT2D eigenvalue weighted by molar-refractivity contribution is 0.0525. The monoisotopic (exact) mass is 463 g/mol. The fourth-order valence-electron chi connectivity index (χ4n) is 4.52. The number of alkyl carbamates (subject to hydrolysis) is 1. The molecule has 10 nitrogen and oxygen atoms in total. The molecule has 0 aliphatic carbocycles. The van der Waals surface area contributed by atoms with E-state index in [0.29, 0.717) is 30.7 Å². The molecule has 0 bridgehead atoms. The van der Waals surface area contributed by atoms with E-state index in [4.69, 9.17) is 15.3 Å². The van der Waals surface area contributed by atoms with E-state index in [1.165, 1.54) is 4.57 Å². The highest BCUT2D eigenvalue weighted by molar-refractivity contribution is 5.91. The minimum Gasteiger partial charge on any atom is -0.487 e. The number of halogens is 1. The highest BCUT2D eigenvalue weighted by Crippen LogP contribution is 2.42. The number of aromatic nitrogens is 2. The molecule has 2 aliphatic rings. The van der Waals surface area contributed by atoms with E-state index >= 15 is 4.39 Å². The third-order valence-corrected chi connectivity index (χ3v) is 6.02. The van der Waals surface area contributed by atoms with E-state index in [-0.39, 0.29) is 40.9 Å². The molecule has 4 rings (SSSR count). The first-order valence-electron chi connectivity index (χ1n) is 11.1. The summed E-state index contributed by atoms with van der Waals surface area (Å²) in [5.41, 5.74) is -1.46. The minimum absolute atomic E-state index is 0.0113. The number of anilines is 1. The maximum absolute atomic E-state index is 15.3. The Bertz CT molecular complexity index is 1220. The van der Waals surface area contributed by atoms with Crippen LogP contribution in [0, 0.1) is 11.7 Å². The lowest BCUT2D eigenvalue weighted by Gasteiger charge is -2.30. The number of nitrogens with one attached hydrogen (secondary N) is 1. The molecule has 180 valence electrons. The normalized spacial score (nSPS) is 20.1. The zero-order valence-corrected chi connectivity index (χ0v) is 19.3. The van der Waals surface area contributed by atoms with Gasteiger partial charge in [0.2, 0.25) is 0 Å². The maximum Gasteiger partial charge on any atom is 0.407 e. The van der Waals surface area contributed by atoms with Crippen molar-refractivity contribution in [2.75, 3.05) is 37.0 Å². The predicted octanol–water partition coefficient (Wildman–Crippen LogP) is 1.71. The Morgan fingerprint density at radius 2 is 2.09 bits per heavy atom. The van der Waals surface area contributed by atoms with Gasteiger partial charge in [-0.05, 0) is 52.5 Å². The Labute approximate surface area is 190 Å². The zero-order chi connectivity index (χ0) is 24.1. The van der Waals surface area contributed by atoms with E-state index in [0.717, 1.165) is 12.5 Å². The number of benzene rings is 1. The first kappa shape index (κ1) is 22.9. The number of nitrogens with zero attached hydrogens (tertiary/aromatic N) is 3. The molecule has 2 aliphatic heterocycles. The van der Waals surface area contributed by atoms with E-state index in [2.05, 4.69) is 5.32 Å². The third-order valence-electron chi connectivity index (χ3n) is 6.02. The number of carbonyl (C=O) groups excluding carboxylic acids is 1. The molecule has 1 aromatic heterocycles. The fraction of sp³-hybridized carbons (Fsp3) is 0.591. The predicted molar refractivity (Wildman–Crippen MR) is 122 cm³/mol. The standard InChI is InChI=1S/C22H30FN5O5/c1-12-11-32-18-16-14(19(29)28(24)21(31)27(12)16)9-15(23)17(18)26-8-6-13(10-26)5-7-25-20(30)33-22(2,3)4/h9,12-13H,5-8,10-11,24H2,1-4H3,(H,25,30)/t12-,13+/m1/s1. The van der Waals surface area contributed by atoms with Crippen molar-refractivity contribution in [3.8, 4) is 5.75 Å². The smallest absolute Gasteiger partial charge is 0.407 e. The summed E-state index contributed by atoms with van der Waals surface area (Å²) in [5.74, 6) is 5.48. The SMILES string of the molecule is C[C@@H]1COc2c(N3CC[C@H](CCNC(=O)OC(C)(C)C)C3)c(F)cc3c(=O)n(N)c(=O)n1c23. The highest BCUT2D eigenvalue weighted by Gasteiger charge is 2.33. The van der Waals surface area contributed by atoms with Gasteiger partial charge in [0.1, 0.15) is 23.4 Å². The molecule has 2 atom stereocenters. The van der Waals surface area contributed by atoms with Crippen LogP contribution < -0.4 is 32.0 Å². The Morgan fingerprint density at radius 1 is 1.36 bits per heavy atom. The van der Waals surface area contributed by atoms with Crippen molar-refractivity contribution in [1.82, 2.24) is 14.6 Å². The average Bonchev–Trinajstić information content (AvgIpc) is 3.17. The van der Waals surface area contributed by atoms with Gasteiger partial charge in [0.25, 0.3) is 5.56 Å². The first-order chi connectivity index (χ1) is 15.5. The molecule has 0 saturated carbocycles. The molecule has 0 unspecified atom stereocenters. The van der Waals surface area contributed by atoms with Crippen molar-refractivity contribution in [2.45, 2.75) is 52.2 Å². The number of nitrogen functional groups attached to an aromatic ring is 1. The second-order valence-electron chi connectivity index (χ2n) is 9.74. The quantitative estimate of drug-likeness (QED) is 0.662. The molecule has 33 heavy (non-hydrogen) atoms. The van der Waals surface area contributed by atoms with Crippen LogP contribution in [0.2, 0.25) is 0 Å². The van der Waals surface area contributed by atoms with Crippen molar-refractivity contribution >= 4 is 22.7 Å². The Balaban J connectivity index is 1.57. The topological polar surface area (TPSA) is 121 Å². The molecule has 1 saturated heterocycles. The number of amides is 1. The van der Waals surface area contributed by atoms with Crippen molar-refractivity contribution in [3.63, 3.8) is 0 Å². The summed E-state index contributed by atoms with van der Waals surface area (Å²) in [7, 11) is 0.